The van der Waals surface area contributed by atoms with Gasteiger partial charge in [-0.3, -0.25) is 4.90 Å². The highest BCUT2D eigenvalue weighted by Gasteiger charge is 2.33. The zero-order valence-electron chi connectivity index (χ0n) is 16.4. The summed E-state index contributed by atoms with van der Waals surface area (Å²) in [5.74, 6) is 1.40. The largest absolute Gasteiger partial charge is 0.497 e. The van der Waals surface area contributed by atoms with E-state index < -0.39 is 0 Å². The van der Waals surface area contributed by atoms with Crippen molar-refractivity contribution < 1.29 is 14.3 Å². The molecule has 0 bridgehead atoms. The van der Waals surface area contributed by atoms with E-state index in [4.69, 9.17) is 9.47 Å². The van der Waals surface area contributed by atoms with Gasteiger partial charge in [-0.2, -0.15) is 0 Å². The average Bonchev–Trinajstić information content (AvgIpc) is 2.76. The molecule has 2 aliphatic heterocycles. The minimum absolute atomic E-state index is 0.308. The van der Waals surface area contributed by atoms with Crippen LogP contribution in [0.1, 0.15) is 35.6 Å². The van der Waals surface area contributed by atoms with Crippen molar-refractivity contribution >= 4 is 6.09 Å². The van der Waals surface area contributed by atoms with Crippen LogP contribution in [0.5, 0.6) is 5.75 Å². The molecule has 1 N–H and O–H groups in total. The molecule has 5 nitrogen and oxygen atoms in total. The summed E-state index contributed by atoms with van der Waals surface area (Å²) in [5, 5.41) is 2.96. The SMILES string of the molecule is COc1ccc2c(c1)CCN1CCC(CNC(=O)OCc3ccccc3)CC21. The van der Waals surface area contributed by atoms with Crippen molar-refractivity contribution in [3.8, 4) is 5.75 Å². The summed E-state index contributed by atoms with van der Waals surface area (Å²) in [7, 11) is 1.72. The predicted molar refractivity (Wildman–Crippen MR) is 108 cm³/mol. The van der Waals surface area contributed by atoms with Crippen LogP contribution in [0.4, 0.5) is 4.79 Å². The van der Waals surface area contributed by atoms with Gasteiger partial charge in [-0.15, -0.1) is 0 Å². The Kier molecular flexibility index (Phi) is 5.81. The number of hydrogen-bond donors (Lipinski definition) is 1. The van der Waals surface area contributed by atoms with Crippen molar-refractivity contribution in [2.75, 3.05) is 26.7 Å². The molecule has 2 heterocycles. The van der Waals surface area contributed by atoms with Crippen LogP contribution < -0.4 is 10.1 Å². The first kappa shape index (κ1) is 18.8. The quantitative estimate of drug-likeness (QED) is 0.854. The van der Waals surface area contributed by atoms with Crippen LogP contribution in [-0.2, 0) is 17.8 Å². The summed E-state index contributed by atoms with van der Waals surface area (Å²) in [6.07, 6.45) is 2.93. The summed E-state index contributed by atoms with van der Waals surface area (Å²) < 4.78 is 10.7. The molecular weight excluding hydrogens is 352 g/mol. The molecule has 0 saturated carbocycles. The van der Waals surface area contributed by atoms with Crippen LogP contribution in [0.25, 0.3) is 0 Å². The zero-order chi connectivity index (χ0) is 19.3. The van der Waals surface area contributed by atoms with Crippen molar-refractivity contribution in [1.29, 1.82) is 0 Å². The van der Waals surface area contributed by atoms with Crippen LogP contribution in [-0.4, -0.2) is 37.7 Å². The van der Waals surface area contributed by atoms with E-state index in [0.29, 0.717) is 25.1 Å². The number of hydrogen-bond acceptors (Lipinski definition) is 4. The summed E-state index contributed by atoms with van der Waals surface area (Å²) >= 11 is 0. The monoisotopic (exact) mass is 380 g/mol. The number of ether oxygens (including phenoxy) is 2. The molecule has 1 fully saturated rings. The van der Waals surface area contributed by atoms with Crippen LogP contribution in [0.3, 0.4) is 0 Å². The molecule has 1 saturated heterocycles. The van der Waals surface area contributed by atoms with Gasteiger partial charge < -0.3 is 14.8 Å². The first-order valence-corrected chi connectivity index (χ1v) is 10.1. The van der Waals surface area contributed by atoms with E-state index in [-0.39, 0.29) is 6.09 Å². The zero-order valence-corrected chi connectivity index (χ0v) is 16.4. The predicted octanol–water partition coefficient (Wildman–Crippen LogP) is 3.93. The molecule has 0 aliphatic carbocycles. The summed E-state index contributed by atoms with van der Waals surface area (Å²) in [6, 6.07) is 16.7. The Bertz CT molecular complexity index is 809. The lowest BCUT2D eigenvalue weighted by atomic mass is 9.82. The normalized spacial score (nSPS) is 21.3. The van der Waals surface area contributed by atoms with E-state index in [2.05, 4.69) is 28.4 Å². The average molecular weight is 380 g/mol. The second kappa shape index (κ2) is 8.65. The van der Waals surface area contributed by atoms with Gasteiger partial charge in [0.2, 0.25) is 0 Å². The third-order valence-electron chi connectivity index (χ3n) is 5.95. The molecule has 148 valence electrons. The molecule has 2 aromatic rings. The molecule has 2 unspecified atom stereocenters. The third-order valence-corrected chi connectivity index (χ3v) is 5.95. The van der Waals surface area contributed by atoms with E-state index in [1.165, 1.54) is 11.1 Å². The van der Waals surface area contributed by atoms with Crippen LogP contribution in [0.15, 0.2) is 48.5 Å². The Morgan fingerprint density at radius 3 is 2.86 bits per heavy atom. The van der Waals surface area contributed by atoms with Crippen molar-refractivity contribution in [2.24, 2.45) is 5.92 Å². The topological polar surface area (TPSA) is 50.8 Å². The Morgan fingerprint density at radius 1 is 1.18 bits per heavy atom. The maximum Gasteiger partial charge on any atom is 0.407 e. The minimum Gasteiger partial charge on any atom is -0.497 e. The summed E-state index contributed by atoms with van der Waals surface area (Å²) in [5.41, 5.74) is 3.82. The van der Waals surface area contributed by atoms with Gasteiger partial charge in [0.25, 0.3) is 0 Å². The maximum atomic E-state index is 12.1. The maximum absolute atomic E-state index is 12.1. The van der Waals surface area contributed by atoms with Gasteiger partial charge in [0.15, 0.2) is 0 Å². The first-order valence-electron chi connectivity index (χ1n) is 10.1. The van der Waals surface area contributed by atoms with Gasteiger partial charge in [0, 0.05) is 19.1 Å². The van der Waals surface area contributed by atoms with Gasteiger partial charge in [-0.1, -0.05) is 36.4 Å². The molecule has 4 rings (SSSR count). The first-order chi connectivity index (χ1) is 13.7. The fourth-order valence-corrected chi connectivity index (χ4v) is 4.38. The van der Waals surface area contributed by atoms with Crippen molar-refractivity contribution in [2.45, 2.75) is 31.9 Å². The van der Waals surface area contributed by atoms with E-state index in [9.17, 15) is 4.79 Å². The number of methoxy groups -OCH3 is 1. The smallest absolute Gasteiger partial charge is 0.407 e. The second-order valence-corrected chi connectivity index (χ2v) is 7.70. The number of amides is 1. The van der Waals surface area contributed by atoms with Gasteiger partial charge in [0.1, 0.15) is 12.4 Å². The van der Waals surface area contributed by atoms with Gasteiger partial charge in [-0.05, 0) is 60.5 Å². The number of fused-ring (bicyclic) bond motifs is 3. The van der Waals surface area contributed by atoms with E-state index in [0.717, 1.165) is 43.7 Å². The molecule has 28 heavy (non-hydrogen) atoms. The molecule has 0 aromatic heterocycles. The molecule has 1 amide bonds. The molecule has 5 heteroatoms. The standard InChI is InChI=1S/C23H28N2O3/c1-27-20-7-8-21-19(14-20)10-12-25-11-9-18(13-22(21)25)15-24-23(26)28-16-17-5-3-2-4-6-17/h2-8,14,18,22H,9-13,15-16H2,1H3,(H,24,26). The Labute approximate surface area is 166 Å². The number of piperidine rings is 1. The number of carbonyl (C=O) groups excluding carboxylic acids is 1. The van der Waals surface area contributed by atoms with Gasteiger partial charge >= 0.3 is 6.09 Å². The minimum atomic E-state index is -0.333. The second-order valence-electron chi connectivity index (χ2n) is 7.70. The number of nitrogens with one attached hydrogen (secondary N) is 1. The van der Waals surface area contributed by atoms with Crippen LogP contribution in [0, 0.1) is 5.92 Å². The Morgan fingerprint density at radius 2 is 2.04 bits per heavy atom. The highest BCUT2D eigenvalue weighted by molar-refractivity contribution is 5.67. The van der Waals surface area contributed by atoms with E-state index >= 15 is 0 Å². The number of carbonyl (C=O) groups is 1. The highest BCUT2D eigenvalue weighted by Crippen LogP contribution is 2.39. The molecule has 2 atom stereocenters. The van der Waals surface area contributed by atoms with Gasteiger partial charge in [0.05, 0.1) is 7.11 Å². The van der Waals surface area contributed by atoms with Crippen LogP contribution >= 0.6 is 0 Å². The van der Waals surface area contributed by atoms with E-state index in [1.54, 1.807) is 7.11 Å². The summed E-state index contributed by atoms with van der Waals surface area (Å²) in [4.78, 5) is 14.6. The molecular formula is C23H28N2O3. The summed E-state index contributed by atoms with van der Waals surface area (Å²) in [6.45, 7) is 3.16. The number of rotatable bonds is 5. The Balaban J connectivity index is 1.30. The molecule has 2 aliphatic rings. The third kappa shape index (κ3) is 4.30. The molecule has 0 spiro atoms. The van der Waals surface area contributed by atoms with Crippen molar-refractivity contribution in [3.05, 3.63) is 65.2 Å². The number of benzene rings is 2. The van der Waals surface area contributed by atoms with E-state index in [1.807, 2.05) is 30.3 Å². The number of alkyl carbamates (subject to hydrolysis) is 1. The van der Waals surface area contributed by atoms with Crippen molar-refractivity contribution in [3.63, 3.8) is 0 Å². The number of nitrogens with zero attached hydrogens (tertiary/aromatic N) is 1. The molecule has 2 aromatic carbocycles. The fraction of sp³-hybridized carbons (Fsp3) is 0.435. The lowest BCUT2D eigenvalue weighted by molar-refractivity contribution is 0.0978. The lowest BCUT2D eigenvalue weighted by Crippen LogP contribution is -2.43. The van der Waals surface area contributed by atoms with Crippen LogP contribution in [0.2, 0.25) is 0 Å². The molecule has 0 radical (unpaired) electrons. The highest BCUT2D eigenvalue weighted by atomic mass is 16.5. The Hall–Kier alpha value is -2.53. The fourth-order valence-electron chi connectivity index (χ4n) is 4.38. The van der Waals surface area contributed by atoms with Crippen molar-refractivity contribution in [1.82, 2.24) is 10.2 Å². The van der Waals surface area contributed by atoms with Gasteiger partial charge in [-0.25, -0.2) is 4.79 Å². The lowest BCUT2D eigenvalue weighted by Gasteiger charge is -2.43.